The van der Waals surface area contributed by atoms with Crippen molar-refractivity contribution in [1.82, 2.24) is 10.2 Å². The Bertz CT molecular complexity index is 752. The summed E-state index contributed by atoms with van der Waals surface area (Å²) in [5.74, 6) is -0.473. The number of rotatable bonds is 15. The lowest BCUT2D eigenvalue weighted by Crippen LogP contribution is -2.58. The second-order valence-electron chi connectivity index (χ2n) is 8.58. The first-order chi connectivity index (χ1) is 16.0. The third-order valence-electron chi connectivity index (χ3n) is 5.94. The minimum absolute atomic E-state index is 0.139. The average molecular weight is 461 g/mol. The molecule has 0 aromatic heterocycles. The fourth-order valence-electron chi connectivity index (χ4n) is 3.94. The predicted octanol–water partition coefficient (Wildman–Crippen LogP) is 4.03. The Morgan fingerprint density at radius 1 is 1.06 bits per heavy atom. The highest BCUT2D eigenvalue weighted by Gasteiger charge is 2.35. The molecule has 1 aromatic carbocycles. The van der Waals surface area contributed by atoms with Gasteiger partial charge in [0.15, 0.2) is 6.61 Å². The van der Waals surface area contributed by atoms with Gasteiger partial charge in [-0.2, -0.15) is 0 Å². The monoisotopic (exact) mass is 460 g/mol. The molecule has 1 atom stereocenters. The fraction of sp³-hybridized carbons (Fsp3) is 0.654. The standard InChI is InChI=1S/C26H40N2O5/c1-3-5-6-7-8-9-10-11-17-32-25(30)19-23-26(31)27-15-16-28(23)24(29)20-33-22-14-12-13-21(4-2)18-22/h12-14,18,23H,3-11,15-17,19-20H2,1-2H3,(H,27,31). The van der Waals surface area contributed by atoms with Crippen LogP contribution < -0.4 is 10.1 Å². The van der Waals surface area contributed by atoms with Gasteiger partial charge in [0.25, 0.3) is 5.91 Å². The van der Waals surface area contributed by atoms with Crippen molar-refractivity contribution in [3.8, 4) is 5.75 Å². The van der Waals surface area contributed by atoms with E-state index in [9.17, 15) is 14.4 Å². The SMILES string of the molecule is CCCCCCCCCCOC(=O)CC1C(=O)NCCN1C(=O)COc1cccc(CC)c1. The molecule has 1 aliphatic rings. The molecule has 0 radical (unpaired) electrons. The molecule has 0 bridgehead atoms. The van der Waals surface area contributed by atoms with E-state index in [4.69, 9.17) is 9.47 Å². The fourth-order valence-corrected chi connectivity index (χ4v) is 3.94. The predicted molar refractivity (Wildman–Crippen MR) is 128 cm³/mol. The second kappa shape index (κ2) is 15.3. The molecule has 1 saturated heterocycles. The Balaban J connectivity index is 1.73. The Labute approximate surface area is 198 Å². The highest BCUT2D eigenvalue weighted by atomic mass is 16.5. The van der Waals surface area contributed by atoms with Gasteiger partial charge in [0.1, 0.15) is 11.8 Å². The number of benzene rings is 1. The van der Waals surface area contributed by atoms with Crippen molar-refractivity contribution in [2.24, 2.45) is 0 Å². The topological polar surface area (TPSA) is 84.9 Å². The van der Waals surface area contributed by atoms with E-state index in [-0.39, 0.29) is 24.8 Å². The van der Waals surface area contributed by atoms with Gasteiger partial charge in [-0.3, -0.25) is 14.4 Å². The summed E-state index contributed by atoms with van der Waals surface area (Å²) in [4.78, 5) is 38.9. The highest BCUT2D eigenvalue weighted by molar-refractivity contribution is 5.92. The Morgan fingerprint density at radius 3 is 2.52 bits per heavy atom. The van der Waals surface area contributed by atoms with Crippen LogP contribution in [0, 0.1) is 0 Å². The zero-order chi connectivity index (χ0) is 23.9. The van der Waals surface area contributed by atoms with Gasteiger partial charge >= 0.3 is 5.97 Å². The van der Waals surface area contributed by atoms with E-state index in [1.54, 1.807) is 6.07 Å². The van der Waals surface area contributed by atoms with E-state index in [0.717, 1.165) is 31.2 Å². The van der Waals surface area contributed by atoms with Gasteiger partial charge in [0.2, 0.25) is 5.91 Å². The van der Waals surface area contributed by atoms with Crippen molar-refractivity contribution in [3.05, 3.63) is 29.8 Å². The molecule has 1 aromatic rings. The second-order valence-corrected chi connectivity index (χ2v) is 8.58. The molecule has 2 rings (SSSR count). The molecule has 1 unspecified atom stereocenters. The lowest BCUT2D eigenvalue weighted by Gasteiger charge is -2.34. The number of nitrogens with one attached hydrogen (secondary N) is 1. The molecule has 2 amide bonds. The summed E-state index contributed by atoms with van der Waals surface area (Å²) in [5, 5.41) is 2.73. The van der Waals surface area contributed by atoms with Crippen molar-refractivity contribution in [2.45, 2.75) is 84.1 Å². The number of nitrogens with zero attached hydrogens (tertiary/aromatic N) is 1. The summed E-state index contributed by atoms with van der Waals surface area (Å²) in [6.07, 6.45) is 10.1. The van der Waals surface area contributed by atoms with Crippen LogP contribution in [-0.2, 0) is 25.5 Å². The minimum atomic E-state index is -0.858. The van der Waals surface area contributed by atoms with E-state index in [2.05, 4.69) is 19.2 Å². The maximum Gasteiger partial charge on any atom is 0.308 e. The summed E-state index contributed by atoms with van der Waals surface area (Å²) in [6, 6.07) is 6.73. The van der Waals surface area contributed by atoms with Gasteiger partial charge in [-0.05, 0) is 30.5 Å². The van der Waals surface area contributed by atoms with Gasteiger partial charge in [-0.15, -0.1) is 0 Å². The van der Waals surface area contributed by atoms with Crippen LogP contribution >= 0.6 is 0 Å². The molecule has 0 aliphatic carbocycles. The van der Waals surface area contributed by atoms with Crippen LogP contribution in [-0.4, -0.2) is 55.0 Å². The number of amides is 2. The summed E-state index contributed by atoms with van der Waals surface area (Å²) >= 11 is 0. The average Bonchev–Trinajstić information content (AvgIpc) is 2.83. The highest BCUT2D eigenvalue weighted by Crippen LogP contribution is 2.16. The number of esters is 1. The molecule has 1 fully saturated rings. The Kier molecular flexibility index (Phi) is 12.4. The molecular formula is C26H40N2O5. The van der Waals surface area contributed by atoms with Crippen molar-refractivity contribution in [1.29, 1.82) is 0 Å². The first-order valence-electron chi connectivity index (χ1n) is 12.5. The number of ether oxygens (including phenoxy) is 2. The number of aryl methyl sites for hydroxylation is 1. The first-order valence-corrected chi connectivity index (χ1v) is 12.5. The molecule has 1 aliphatic heterocycles. The van der Waals surface area contributed by atoms with E-state index >= 15 is 0 Å². The lowest BCUT2D eigenvalue weighted by atomic mass is 10.1. The smallest absolute Gasteiger partial charge is 0.308 e. The van der Waals surface area contributed by atoms with Crippen LogP contribution in [0.15, 0.2) is 24.3 Å². The van der Waals surface area contributed by atoms with Crippen molar-refractivity contribution in [3.63, 3.8) is 0 Å². The third-order valence-corrected chi connectivity index (χ3v) is 5.94. The number of hydrogen-bond acceptors (Lipinski definition) is 5. The molecule has 184 valence electrons. The minimum Gasteiger partial charge on any atom is -0.484 e. The first kappa shape index (κ1) is 26.7. The molecule has 1 heterocycles. The lowest BCUT2D eigenvalue weighted by molar-refractivity contribution is -0.152. The zero-order valence-corrected chi connectivity index (χ0v) is 20.3. The third kappa shape index (κ3) is 9.84. The Morgan fingerprint density at radius 2 is 1.79 bits per heavy atom. The van der Waals surface area contributed by atoms with Crippen molar-refractivity contribution >= 4 is 17.8 Å². The summed E-state index contributed by atoms with van der Waals surface area (Å²) in [6.45, 7) is 5.14. The van der Waals surface area contributed by atoms with E-state index in [1.165, 1.54) is 37.0 Å². The summed E-state index contributed by atoms with van der Waals surface area (Å²) < 4.78 is 11.0. The molecule has 0 spiro atoms. The van der Waals surface area contributed by atoms with E-state index in [0.29, 0.717) is 25.4 Å². The van der Waals surface area contributed by atoms with Crippen molar-refractivity contribution in [2.75, 3.05) is 26.3 Å². The largest absolute Gasteiger partial charge is 0.484 e. The molecule has 7 nitrogen and oxygen atoms in total. The van der Waals surface area contributed by atoms with Crippen LogP contribution in [0.4, 0.5) is 0 Å². The van der Waals surface area contributed by atoms with Gasteiger partial charge in [0.05, 0.1) is 13.0 Å². The molecular weight excluding hydrogens is 420 g/mol. The zero-order valence-electron chi connectivity index (χ0n) is 20.3. The van der Waals surface area contributed by atoms with E-state index in [1.807, 2.05) is 18.2 Å². The summed E-state index contributed by atoms with van der Waals surface area (Å²) in [5.41, 5.74) is 1.12. The van der Waals surface area contributed by atoms with Gasteiger partial charge in [-0.25, -0.2) is 0 Å². The molecule has 0 saturated carbocycles. The van der Waals surface area contributed by atoms with Crippen LogP contribution in [0.25, 0.3) is 0 Å². The van der Waals surface area contributed by atoms with Crippen LogP contribution in [0.1, 0.15) is 77.2 Å². The number of unbranched alkanes of at least 4 members (excludes halogenated alkanes) is 7. The number of carbonyl (C=O) groups excluding carboxylic acids is 3. The van der Waals surface area contributed by atoms with Gasteiger partial charge < -0.3 is 19.7 Å². The van der Waals surface area contributed by atoms with E-state index < -0.39 is 12.0 Å². The normalized spacial score (nSPS) is 15.8. The summed E-state index contributed by atoms with van der Waals surface area (Å²) in [7, 11) is 0. The number of carbonyl (C=O) groups is 3. The molecule has 7 heteroatoms. The van der Waals surface area contributed by atoms with Gasteiger partial charge in [0, 0.05) is 13.1 Å². The number of hydrogen-bond donors (Lipinski definition) is 1. The maximum absolute atomic E-state index is 12.8. The van der Waals surface area contributed by atoms with Gasteiger partial charge in [-0.1, -0.05) is 70.9 Å². The van der Waals surface area contributed by atoms with Crippen LogP contribution in [0.2, 0.25) is 0 Å². The van der Waals surface area contributed by atoms with Crippen LogP contribution in [0.5, 0.6) is 5.75 Å². The molecule has 1 N–H and O–H groups in total. The molecule has 33 heavy (non-hydrogen) atoms. The maximum atomic E-state index is 12.8. The quantitative estimate of drug-likeness (QED) is 0.316. The Hall–Kier alpha value is -2.57. The number of piperazine rings is 1. The van der Waals surface area contributed by atoms with Crippen LogP contribution in [0.3, 0.4) is 0 Å². The van der Waals surface area contributed by atoms with Crippen molar-refractivity contribution < 1.29 is 23.9 Å².